The Labute approximate surface area is 158 Å². The van der Waals surface area contributed by atoms with Crippen molar-refractivity contribution < 1.29 is 22.7 Å². The van der Waals surface area contributed by atoms with E-state index in [9.17, 15) is 13.2 Å². The first-order valence-electron chi connectivity index (χ1n) is 7.62. The highest BCUT2D eigenvalue weighted by molar-refractivity contribution is 7.91. The van der Waals surface area contributed by atoms with Gasteiger partial charge in [-0.1, -0.05) is 23.2 Å². The van der Waals surface area contributed by atoms with Crippen molar-refractivity contribution in [2.24, 2.45) is 0 Å². The van der Waals surface area contributed by atoms with Gasteiger partial charge in [-0.3, -0.25) is 0 Å². The van der Waals surface area contributed by atoms with E-state index in [1.54, 1.807) is 27.7 Å². The van der Waals surface area contributed by atoms with Crippen molar-refractivity contribution >= 4 is 39.0 Å². The average Bonchev–Trinajstić information content (AvgIpc) is 2.46. The summed E-state index contributed by atoms with van der Waals surface area (Å²) < 4.78 is 34.8. The number of hydrogen-bond donors (Lipinski definition) is 1. The lowest BCUT2D eigenvalue weighted by Crippen LogP contribution is -2.29. The van der Waals surface area contributed by atoms with E-state index in [1.807, 2.05) is 0 Å². The average molecular weight is 412 g/mol. The summed E-state index contributed by atoms with van der Waals surface area (Å²) in [5.41, 5.74) is -0.0481. The van der Waals surface area contributed by atoms with Gasteiger partial charge in [0, 0.05) is 11.6 Å². The van der Waals surface area contributed by atoms with Crippen LogP contribution < -0.4 is 5.32 Å². The van der Waals surface area contributed by atoms with E-state index in [1.165, 1.54) is 12.1 Å². The molecule has 0 aliphatic carbocycles. The van der Waals surface area contributed by atoms with Crippen LogP contribution in [0.2, 0.25) is 10.0 Å². The van der Waals surface area contributed by atoms with E-state index in [-0.39, 0.29) is 35.6 Å². The normalized spacial score (nSPS) is 12.2. The predicted molar refractivity (Wildman–Crippen MR) is 97.9 cm³/mol. The Kier molecular flexibility index (Phi) is 8.15. The Morgan fingerprint density at radius 3 is 2.48 bits per heavy atom. The maximum atomic E-state index is 12.3. The molecule has 1 rings (SSSR count). The number of esters is 1. The molecular weight excluding hydrogens is 389 g/mol. The molecule has 1 N–H and O–H groups in total. The van der Waals surface area contributed by atoms with Crippen molar-refractivity contribution in [2.45, 2.75) is 38.2 Å². The van der Waals surface area contributed by atoms with E-state index in [4.69, 9.17) is 32.7 Å². The molecule has 0 saturated heterocycles. The van der Waals surface area contributed by atoms with Gasteiger partial charge >= 0.3 is 5.97 Å². The molecule has 1 aromatic carbocycles. The molecule has 0 heterocycles. The molecule has 0 aromatic heterocycles. The Morgan fingerprint density at radius 1 is 1.24 bits per heavy atom. The molecule has 0 radical (unpaired) electrons. The first-order valence-corrected chi connectivity index (χ1v) is 10.0. The molecule has 0 spiro atoms. The number of benzene rings is 1. The van der Waals surface area contributed by atoms with Crippen molar-refractivity contribution in [2.75, 3.05) is 25.6 Å². The molecule has 1 aromatic rings. The molecule has 0 fully saturated rings. The maximum Gasteiger partial charge on any atom is 0.332 e. The summed E-state index contributed by atoms with van der Waals surface area (Å²) in [6, 6.07) is 2.88. The van der Waals surface area contributed by atoms with Crippen LogP contribution in [0.5, 0.6) is 0 Å². The number of nitrogens with one attached hydrogen (secondary N) is 1. The molecule has 6 nitrogen and oxygen atoms in total. The molecule has 0 bridgehead atoms. The minimum atomic E-state index is -3.61. The van der Waals surface area contributed by atoms with Crippen LogP contribution in [-0.4, -0.2) is 45.6 Å². The van der Waals surface area contributed by atoms with Gasteiger partial charge in [0.2, 0.25) is 0 Å². The van der Waals surface area contributed by atoms with Crippen molar-refractivity contribution in [1.82, 2.24) is 5.32 Å². The molecule has 0 atom stereocenters. The van der Waals surface area contributed by atoms with Crippen LogP contribution >= 0.6 is 23.2 Å². The van der Waals surface area contributed by atoms with E-state index in [0.717, 1.165) is 0 Å². The Bertz CT molecular complexity index is 714. The Balaban J connectivity index is 2.41. The molecular formula is C16H23Cl2NO5S. The van der Waals surface area contributed by atoms with Gasteiger partial charge in [0.25, 0.3) is 0 Å². The van der Waals surface area contributed by atoms with Gasteiger partial charge in [-0.2, -0.15) is 0 Å². The van der Waals surface area contributed by atoms with Crippen LogP contribution in [0.15, 0.2) is 17.0 Å². The number of sulfone groups is 1. The smallest absolute Gasteiger partial charge is 0.332 e. The molecule has 0 saturated carbocycles. The highest BCUT2D eigenvalue weighted by Gasteiger charge is 2.20. The first-order chi connectivity index (χ1) is 11.4. The van der Waals surface area contributed by atoms with Crippen LogP contribution in [0, 0.1) is 6.92 Å². The predicted octanol–water partition coefficient (Wildman–Crippen LogP) is 2.98. The lowest BCUT2D eigenvalue weighted by Gasteiger charge is -2.19. The zero-order chi connectivity index (χ0) is 19.3. The van der Waals surface area contributed by atoms with Crippen LogP contribution in [-0.2, 0) is 24.1 Å². The van der Waals surface area contributed by atoms with Crippen LogP contribution in [0.25, 0.3) is 0 Å². The SMILES string of the molecule is Cc1c(Cl)ccc(S(=O)(=O)CNCCOCC(=O)OC(C)(C)C)c1Cl. The van der Waals surface area contributed by atoms with Crippen LogP contribution in [0.3, 0.4) is 0 Å². The van der Waals surface area contributed by atoms with Crippen LogP contribution in [0.1, 0.15) is 26.3 Å². The third kappa shape index (κ3) is 7.50. The zero-order valence-corrected chi connectivity index (χ0v) is 17.0. The fourth-order valence-electron chi connectivity index (χ4n) is 1.83. The van der Waals surface area contributed by atoms with Gasteiger partial charge in [0.05, 0.1) is 16.5 Å². The van der Waals surface area contributed by atoms with Gasteiger partial charge in [-0.15, -0.1) is 0 Å². The van der Waals surface area contributed by atoms with E-state index in [2.05, 4.69) is 5.32 Å². The maximum absolute atomic E-state index is 12.3. The first kappa shape index (κ1) is 22.2. The van der Waals surface area contributed by atoms with E-state index in [0.29, 0.717) is 10.6 Å². The highest BCUT2D eigenvalue weighted by atomic mass is 35.5. The molecule has 0 amide bonds. The van der Waals surface area contributed by atoms with Gasteiger partial charge in [0.1, 0.15) is 18.1 Å². The number of hydrogen-bond acceptors (Lipinski definition) is 6. The Hall–Kier alpha value is -0.860. The number of carbonyl (C=O) groups is 1. The minimum Gasteiger partial charge on any atom is -0.458 e. The lowest BCUT2D eigenvalue weighted by molar-refractivity contribution is -0.160. The largest absolute Gasteiger partial charge is 0.458 e. The second-order valence-corrected chi connectivity index (χ2v) is 9.13. The van der Waals surface area contributed by atoms with Crippen molar-refractivity contribution in [3.8, 4) is 0 Å². The molecule has 142 valence electrons. The molecule has 0 aliphatic rings. The number of halogens is 2. The van der Waals surface area contributed by atoms with E-state index < -0.39 is 21.4 Å². The number of carbonyl (C=O) groups excluding carboxylic acids is 1. The standard InChI is InChI=1S/C16H23Cl2NO5S/c1-11-12(17)5-6-13(15(11)18)25(21,22)10-19-7-8-23-9-14(20)24-16(2,3)4/h5-6,19H,7-10H2,1-4H3. The molecule has 0 aliphatic heterocycles. The van der Waals surface area contributed by atoms with Gasteiger partial charge < -0.3 is 14.8 Å². The summed E-state index contributed by atoms with van der Waals surface area (Å²) >= 11 is 12.0. The summed E-state index contributed by atoms with van der Waals surface area (Å²) in [6.45, 7) is 7.19. The van der Waals surface area contributed by atoms with Crippen LogP contribution in [0.4, 0.5) is 0 Å². The highest BCUT2D eigenvalue weighted by Crippen LogP contribution is 2.30. The summed E-state index contributed by atoms with van der Waals surface area (Å²) in [7, 11) is -3.61. The monoisotopic (exact) mass is 411 g/mol. The zero-order valence-electron chi connectivity index (χ0n) is 14.7. The van der Waals surface area contributed by atoms with Gasteiger partial charge in [0.15, 0.2) is 9.84 Å². The van der Waals surface area contributed by atoms with Crippen molar-refractivity contribution in [3.05, 3.63) is 27.7 Å². The van der Waals surface area contributed by atoms with Crippen molar-refractivity contribution in [1.29, 1.82) is 0 Å². The third-order valence-electron chi connectivity index (χ3n) is 2.98. The molecule has 9 heteroatoms. The Morgan fingerprint density at radius 2 is 1.88 bits per heavy atom. The summed E-state index contributed by atoms with van der Waals surface area (Å²) in [6.07, 6.45) is 0. The topological polar surface area (TPSA) is 81.7 Å². The fourth-order valence-corrected chi connectivity index (χ4v) is 3.83. The second kappa shape index (κ2) is 9.19. The lowest BCUT2D eigenvalue weighted by atomic mass is 10.2. The number of rotatable bonds is 8. The quantitative estimate of drug-likeness (QED) is 0.522. The van der Waals surface area contributed by atoms with E-state index >= 15 is 0 Å². The summed E-state index contributed by atoms with van der Waals surface area (Å²) in [5, 5.41) is 3.28. The summed E-state index contributed by atoms with van der Waals surface area (Å²) in [5.74, 6) is -0.771. The van der Waals surface area contributed by atoms with Gasteiger partial charge in [-0.05, 0) is 45.4 Å². The fraction of sp³-hybridized carbons (Fsp3) is 0.562. The third-order valence-corrected chi connectivity index (χ3v) is 5.58. The molecule has 25 heavy (non-hydrogen) atoms. The minimum absolute atomic E-state index is 0.0261. The molecule has 0 unspecified atom stereocenters. The van der Waals surface area contributed by atoms with Gasteiger partial charge in [-0.25, -0.2) is 13.2 Å². The van der Waals surface area contributed by atoms with Crippen molar-refractivity contribution in [3.63, 3.8) is 0 Å². The summed E-state index contributed by atoms with van der Waals surface area (Å²) in [4.78, 5) is 11.5. The number of ether oxygens (including phenoxy) is 2. The second-order valence-electron chi connectivity index (χ2n) is 6.38.